The van der Waals surface area contributed by atoms with Gasteiger partial charge in [-0.15, -0.1) is 0 Å². The van der Waals surface area contributed by atoms with E-state index >= 15 is 0 Å². The maximum Gasteiger partial charge on any atom is 0.0953 e. The van der Waals surface area contributed by atoms with Crippen molar-refractivity contribution in [2.24, 2.45) is 4.99 Å². The van der Waals surface area contributed by atoms with Gasteiger partial charge in [0, 0.05) is 14.1 Å². The smallest absolute Gasteiger partial charge is 0.0953 e. The number of rotatable bonds is 5. The summed E-state index contributed by atoms with van der Waals surface area (Å²) >= 11 is 0. The van der Waals surface area contributed by atoms with Crippen LogP contribution in [0.5, 0.6) is 0 Å². The minimum Gasteiger partial charge on any atom is -0.394 e. The van der Waals surface area contributed by atoms with Crippen molar-refractivity contribution in [3.63, 3.8) is 0 Å². The molecular formula is C8H18N2O2. The van der Waals surface area contributed by atoms with Gasteiger partial charge in [0.15, 0.2) is 0 Å². The van der Waals surface area contributed by atoms with Crippen LogP contribution in [0.4, 0.5) is 0 Å². The normalized spacial score (nSPS) is 11.8. The molecule has 0 aliphatic heterocycles. The van der Waals surface area contributed by atoms with Gasteiger partial charge >= 0.3 is 0 Å². The van der Waals surface area contributed by atoms with Crippen LogP contribution in [0.3, 0.4) is 0 Å². The molecule has 4 nitrogen and oxygen atoms in total. The SMILES string of the molecule is CC(=NCCOCCO)N(C)C. The zero-order valence-electron chi connectivity index (χ0n) is 8.08. The van der Waals surface area contributed by atoms with Crippen molar-refractivity contribution in [3.8, 4) is 0 Å². The largest absolute Gasteiger partial charge is 0.394 e. The van der Waals surface area contributed by atoms with E-state index in [2.05, 4.69) is 4.99 Å². The van der Waals surface area contributed by atoms with Gasteiger partial charge in [-0.25, -0.2) is 0 Å². The molecule has 0 saturated carbocycles. The van der Waals surface area contributed by atoms with Gasteiger partial charge in [-0.3, -0.25) is 4.99 Å². The molecule has 0 aliphatic carbocycles. The Balaban J connectivity index is 3.34. The Hall–Kier alpha value is -0.610. The molecule has 4 heteroatoms. The number of amidine groups is 1. The number of aliphatic hydroxyl groups excluding tert-OH is 1. The van der Waals surface area contributed by atoms with Gasteiger partial charge in [0.1, 0.15) is 0 Å². The van der Waals surface area contributed by atoms with Gasteiger partial charge in [0.25, 0.3) is 0 Å². The second-order valence-corrected chi connectivity index (χ2v) is 2.66. The van der Waals surface area contributed by atoms with Crippen LogP contribution in [-0.4, -0.2) is 56.3 Å². The number of hydrogen-bond donors (Lipinski definition) is 1. The molecule has 0 aromatic rings. The number of nitrogens with zero attached hydrogens (tertiary/aromatic N) is 2. The van der Waals surface area contributed by atoms with Crippen molar-refractivity contribution >= 4 is 5.84 Å². The van der Waals surface area contributed by atoms with E-state index < -0.39 is 0 Å². The molecule has 0 heterocycles. The molecule has 0 aromatic carbocycles. The summed E-state index contributed by atoms with van der Waals surface area (Å²) in [5.41, 5.74) is 0. The molecule has 0 radical (unpaired) electrons. The number of hydrogen-bond acceptors (Lipinski definition) is 3. The fourth-order valence-corrected chi connectivity index (χ4v) is 0.580. The van der Waals surface area contributed by atoms with E-state index in [9.17, 15) is 0 Å². The van der Waals surface area contributed by atoms with Crippen LogP contribution in [0.15, 0.2) is 4.99 Å². The standard InChI is InChI=1S/C8H18N2O2/c1-8(10(2)3)9-4-6-12-7-5-11/h11H,4-7H2,1-3H3. The Morgan fingerprint density at radius 3 is 2.58 bits per heavy atom. The Bertz CT molecular complexity index is 135. The monoisotopic (exact) mass is 174 g/mol. The quantitative estimate of drug-likeness (QED) is 0.362. The fourth-order valence-electron chi connectivity index (χ4n) is 0.580. The third kappa shape index (κ3) is 6.12. The van der Waals surface area contributed by atoms with Crippen LogP contribution in [0, 0.1) is 0 Å². The van der Waals surface area contributed by atoms with Crippen LogP contribution in [0.25, 0.3) is 0 Å². The first-order valence-corrected chi connectivity index (χ1v) is 4.05. The zero-order chi connectivity index (χ0) is 9.40. The molecule has 0 bridgehead atoms. The average Bonchev–Trinajstić information content (AvgIpc) is 2.03. The molecule has 0 aliphatic rings. The molecule has 1 N–H and O–H groups in total. The summed E-state index contributed by atoms with van der Waals surface area (Å²) in [7, 11) is 3.90. The summed E-state index contributed by atoms with van der Waals surface area (Å²) < 4.78 is 5.04. The van der Waals surface area contributed by atoms with Crippen LogP contribution < -0.4 is 0 Å². The maximum absolute atomic E-state index is 8.39. The summed E-state index contributed by atoms with van der Waals surface area (Å²) in [5.74, 6) is 0.989. The lowest BCUT2D eigenvalue weighted by Gasteiger charge is -2.10. The summed E-state index contributed by atoms with van der Waals surface area (Å²) in [6, 6.07) is 0. The van der Waals surface area contributed by atoms with E-state index in [4.69, 9.17) is 9.84 Å². The third-order valence-electron chi connectivity index (χ3n) is 1.46. The number of aliphatic hydroxyl groups is 1. The first-order valence-electron chi connectivity index (χ1n) is 4.05. The van der Waals surface area contributed by atoms with E-state index in [1.165, 1.54) is 0 Å². The Morgan fingerprint density at radius 1 is 1.42 bits per heavy atom. The highest BCUT2D eigenvalue weighted by Crippen LogP contribution is 1.83. The van der Waals surface area contributed by atoms with E-state index in [0.717, 1.165) is 5.84 Å². The summed E-state index contributed by atoms with van der Waals surface area (Å²) in [5, 5.41) is 8.39. The lowest BCUT2D eigenvalue weighted by atomic mass is 10.6. The third-order valence-corrected chi connectivity index (χ3v) is 1.46. The first-order chi connectivity index (χ1) is 5.68. The topological polar surface area (TPSA) is 45.1 Å². The molecule has 0 unspecified atom stereocenters. The Labute approximate surface area is 73.9 Å². The van der Waals surface area contributed by atoms with Gasteiger partial charge < -0.3 is 14.7 Å². The highest BCUT2D eigenvalue weighted by atomic mass is 16.5. The highest BCUT2D eigenvalue weighted by Gasteiger charge is 1.91. The lowest BCUT2D eigenvalue weighted by Crippen LogP contribution is -2.19. The van der Waals surface area contributed by atoms with Crippen molar-refractivity contribution in [2.45, 2.75) is 6.92 Å². The van der Waals surface area contributed by atoms with Gasteiger partial charge in [-0.1, -0.05) is 0 Å². The highest BCUT2D eigenvalue weighted by molar-refractivity contribution is 5.79. The Morgan fingerprint density at radius 2 is 2.08 bits per heavy atom. The van der Waals surface area contributed by atoms with E-state index in [1.54, 1.807) is 0 Å². The number of aliphatic imine (C=N–C) groups is 1. The molecule has 0 aromatic heterocycles. The maximum atomic E-state index is 8.39. The van der Waals surface area contributed by atoms with E-state index in [1.807, 2.05) is 25.9 Å². The van der Waals surface area contributed by atoms with Crippen molar-refractivity contribution in [3.05, 3.63) is 0 Å². The summed E-state index contributed by atoms with van der Waals surface area (Å²) in [6.07, 6.45) is 0. The van der Waals surface area contributed by atoms with E-state index in [-0.39, 0.29) is 6.61 Å². The minimum atomic E-state index is 0.0797. The van der Waals surface area contributed by atoms with Gasteiger partial charge in [-0.05, 0) is 6.92 Å². The van der Waals surface area contributed by atoms with Crippen molar-refractivity contribution in [2.75, 3.05) is 40.5 Å². The predicted molar refractivity (Wildman–Crippen MR) is 49.6 cm³/mol. The molecule has 0 spiro atoms. The molecule has 0 atom stereocenters. The zero-order valence-corrected chi connectivity index (χ0v) is 8.08. The molecule has 0 fully saturated rings. The van der Waals surface area contributed by atoms with Crippen LogP contribution in [0.1, 0.15) is 6.92 Å². The average molecular weight is 174 g/mol. The summed E-state index contributed by atoms with van der Waals surface area (Å²) in [6.45, 7) is 3.66. The van der Waals surface area contributed by atoms with Crippen molar-refractivity contribution in [1.29, 1.82) is 0 Å². The molecular weight excluding hydrogens is 156 g/mol. The second kappa shape index (κ2) is 7.06. The Kier molecular flexibility index (Phi) is 6.70. The molecule has 12 heavy (non-hydrogen) atoms. The molecule has 72 valence electrons. The molecule has 0 amide bonds. The molecule has 0 saturated heterocycles. The number of ether oxygens (including phenoxy) is 1. The molecule has 0 rings (SSSR count). The minimum absolute atomic E-state index is 0.0797. The van der Waals surface area contributed by atoms with E-state index in [0.29, 0.717) is 19.8 Å². The van der Waals surface area contributed by atoms with Gasteiger partial charge in [0.2, 0.25) is 0 Å². The van der Waals surface area contributed by atoms with Gasteiger partial charge in [-0.2, -0.15) is 0 Å². The van der Waals surface area contributed by atoms with Crippen molar-refractivity contribution in [1.82, 2.24) is 4.90 Å². The van der Waals surface area contributed by atoms with Crippen LogP contribution in [0.2, 0.25) is 0 Å². The van der Waals surface area contributed by atoms with Crippen LogP contribution >= 0.6 is 0 Å². The van der Waals surface area contributed by atoms with Gasteiger partial charge in [0.05, 0.1) is 32.2 Å². The van der Waals surface area contributed by atoms with Crippen molar-refractivity contribution < 1.29 is 9.84 Å². The summed E-state index contributed by atoms with van der Waals surface area (Å²) in [4.78, 5) is 6.18. The second-order valence-electron chi connectivity index (χ2n) is 2.66. The lowest BCUT2D eigenvalue weighted by molar-refractivity contribution is 0.0977. The predicted octanol–water partition coefficient (Wildman–Crippen LogP) is -0.0247. The van der Waals surface area contributed by atoms with Crippen LogP contribution in [-0.2, 0) is 4.74 Å². The first kappa shape index (κ1) is 11.4. The fraction of sp³-hybridized carbons (Fsp3) is 0.875.